The van der Waals surface area contributed by atoms with Crippen LogP contribution in [0.3, 0.4) is 0 Å². The topological polar surface area (TPSA) is 12.0 Å². The van der Waals surface area contributed by atoms with Gasteiger partial charge in [-0.05, 0) is 30.7 Å². The molecule has 94 valence electrons. The molecule has 1 aliphatic rings. The molecule has 2 unspecified atom stereocenters. The lowest BCUT2D eigenvalue weighted by Gasteiger charge is -2.20. The molecule has 2 rings (SSSR count). The van der Waals surface area contributed by atoms with Crippen LogP contribution in [0.15, 0.2) is 12.1 Å². The number of nitrogens with one attached hydrogen (secondary N) is 1. The molecule has 0 spiro atoms. The quantitative estimate of drug-likeness (QED) is 0.805. The zero-order valence-electron chi connectivity index (χ0n) is 9.47. The number of rotatable bonds is 3. The summed E-state index contributed by atoms with van der Waals surface area (Å²) in [5.74, 6) is 2.41. The van der Waals surface area contributed by atoms with Crippen molar-refractivity contribution in [3.8, 4) is 0 Å². The van der Waals surface area contributed by atoms with Crippen LogP contribution >= 0.6 is 46.6 Å². The van der Waals surface area contributed by atoms with E-state index in [4.69, 9.17) is 34.8 Å². The molecule has 0 amide bonds. The van der Waals surface area contributed by atoms with Crippen LogP contribution in [-0.2, 0) is 0 Å². The molecule has 1 aromatic rings. The Balaban J connectivity index is 2.13. The Hall–Kier alpha value is 0.400. The minimum Gasteiger partial charge on any atom is -0.307 e. The van der Waals surface area contributed by atoms with E-state index in [0.717, 1.165) is 5.56 Å². The van der Waals surface area contributed by atoms with Crippen molar-refractivity contribution in [2.24, 2.45) is 0 Å². The summed E-state index contributed by atoms with van der Waals surface area (Å²) in [4.78, 5) is 0. The fraction of sp³-hybridized carbons (Fsp3) is 0.500. The van der Waals surface area contributed by atoms with E-state index in [2.05, 4.69) is 12.2 Å². The lowest BCUT2D eigenvalue weighted by atomic mass is 10.1. The Kier molecular flexibility index (Phi) is 4.90. The first-order valence-electron chi connectivity index (χ1n) is 5.56. The van der Waals surface area contributed by atoms with E-state index in [1.165, 1.54) is 17.9 Å². The third-order valence-corrected chi connectivity index (χ3v) is 5.42. The fourth-order valence-electron chi connectivity index (χ4n) is 1.98. The van der Waals surface area contributed by atoms with Gasteiger partial charge >= 0.3 is 0 Å². The predicted molar refractivity (Wildman–Crippen MR) is 78.8 cm³/mol. The maximum absolute atomic E-state index is 6.22. The number of hydrogen-bond acceptors (Lipinski definition) is 2. The number of benzene rings is 1. The monoisotopic (exact) mass is 309 g/mol. The second-order valence-corrected chi connectivity index (χ2v) is 6.53. The van der Waals surface area contributed by atoms with Crippen molar-refractivity contribution in [3.05, 3.63) is 32.8 Å². The van der Waals surface area contributed by atoms with Crippen LogP contribution in [0.2, 0.25) is 15.1 Å². The van der Waals surface area contributed by atoms with Gasteiger partial charge in [0.25, 0.3) is 0 Å². The van der Waals surface area contributed by atoms with E-state index in [0.29, 0.717) is 21.1 Å². The molecule has 1 nitrogen and oxygen atoms in total. The van der Waals surface area contributed by atoms with Crippen LogP contribution in [-0.4, -0.2) is 17.5 Å². The zero-order chi connectivity index (χ0) is 12.4. The molecule has 2 atom stereocenters. The summed E-state index contributed by atoms with van der Waals surface area (Å²) in [5.41, 5.74) is 1.01. The van der Waals surface area contributed by atoms with Crippen molar-refractivity contribution < 1.29 is 0 Å². The molecule has 1 saturated heterocycles. The summed E-state index contributed by atoms with van der Waals surface area (Å²) in [5, 5.41) is 5.08. The summed E-state index contributed by atoms with van der Waals surface area (Å²) >= 11 is 20.2. The van der Waals surface area contributed by atoms with Crippen LogP contribution < -0.4 is 5.32 Å². The van der Waals surface area contributed by atoms with E-state index in [1.807, 2.05) is 17.8 Å². The second kappa shape index (κ2) is 6.03. The maximum atomic E-state index is 6.22. The molecule has 0 radical (unpaired) electrons. The third-order valence-electron chi connectivity index (χ3n) is 2.95. The van der Waals surface area contributed by atoms with Gasteiger partial charge in [-0.1, -0.05) is 40.9 Å². The average Bonchev–Trinajstić information content (AvgIpc) is 2.78. The van der Waals surface area contributed by atoms with Crippen molar-refractivity contribution in [2.45, 2.75) is 25.4 Å². The Morgan fingerprint density at radius 3 is 2.71 bits per heavy atom. The van der Waals surface area contributed by atoms with Gasteiger partial charge in [-0.3, -0.25) is 0 Å². The molecule has 0 bridgehead atoms. The molecule has 17 heavy (non-hydrogen) atoms. The maximum Gasteiger partial charge on any atom is 0.0781 e. The molecule has 1 fully saturated rings. The minimum atomic E-state index is 0.195. The van der Waals surface area contributed by atoms with Gasteiger partial charge in [0.05, 0.1) is 15.1 Å². The van der Waals surface area contributed by atoms with Gasteiger partial charge < -0.3 is 5.32 Å². The molecule has 1 aliphatic heterocycles. The molecular weight excluding hydrogens is 297 g/mol. The van der Waals surface area contributed by atoms with Crippen molar-refractivity contribution >= 4 is 46.6 Å². The highest BCUT2D eigenvalue weighted by molar-refractivity contribution is 7.99. The highest BCUT2D eigenvalue weighted by Crippen LogP contribution is 2.35. The average molecular weight is 311 g/mol. The van der Waals surface area contributed by atoms with Crippen molar-refractivity contribution in [3.63, 3.8) is 0 Å². The third kappa shape index (κ3) is 3.24. The smallest absolute Gasteiger partial charge is 0.0781 e. The normalized spacial score (nSPS) is 21.8. The Bertz CT molecular complexity index is 405. The van der Waals surface area contributed by atoms with Gasteiger partial charge in [0, 0.05) is 17.8 Å². The van der Waals surface area contributed by atoms with Gasteiger partial charge in [-0.2, -0.15) is 11.8 Å². The second-order valence-electron chi connectivity index (χ2n) is 4.21. The lowest BCUT2D eigenvalue weighted by Crippen LogP contribution is -2.31. The van der Waals surface area contributed by atoms with Gasteiger partial charge in [-0.25, -0.2) is 0 Å². The largest absolute Gasteiger partial charge is 0.307 e. The Morgan fingerprint density at radius 2 is 2.06 bits per heavy atom. The van der Waals surface area contributed by atoms with Gasteiger partial charge in [0.2, 0.25) is 0 Å². The van der Waals surface area contributed by atoms with Crippen LogP contribution in [0.1, 0.15) is 24.9 Å². The Labute approximate surface area is 121 Å². The predicted octanol–water partition coefficient (Wildman–Crippen LogP) is 4.80. The molecule has 1 aromatic carbocycles. The molecule has 0 saturated carbocycles. The summed E-state index contributed by atoms with van der Waals surface area (Å²) in [6.45, 7) is 2.11. The van der Waals surface area contributed by atoms with Crippen molar-refractivity contribution in [2.75, 3.05) is 11.5 Å². The van der Waals surface area contributed by atoms with E-state index < -0.39 is 0 Å². The molecular formula is C12H14Cl3NS. The standard InChI is InChI=1S/C12H14Cl3NS/c1-7(16-8-4-5-17-6-8)9-2-3-10(13)12(15)11(9)14/h2-3,7-8,16H,4-6H2,1H3. The first-order valence-corrected chi connectivity index (χ1v) is 7.85. The van der Waals surface area contributed by atoms with Crippen LogP contribution in [0.5, 0.6) is 0 Å². The van der Waals surface area contributed by atoms with Gasteiger partial charge in [0.1, 0.15) is 0 Å². The van der Waals surface area contributed by atoms with Gasteiger partial charge in [0.15, 0.2) is 0 Å². The number of hydrogen-bond donors (Lipinski definition) is 1. The summed E-state index contributed by atoms with van der Waals surface area (Å²) < 4.78 is 0. The first-order chi connectivity index (χ1) is 8.09. The zero-order valence-corrected chi connectivity index (χ0v) is 12.6. The first kappa shape index (κ1) is 13.8. The van der Waals surface area contributed by atoms with Crippen LogP contribution in [0.4, 0.5) is 0 Å². The highest BCUT2D eigenvalue weighted by Gasteiger charge is 2.20. The lowest BCUT2D eigenvalue weighted by molar-refractivity contribution is 0.486. The molecule has 0 aliphatic carbocycles. The van der Waals surface area contributed by atoms with E-state index >= 15 is 0 Å². The number of thioether (sulfide) groups is 1. The van der Waals surface area contributed by atoms with E-state index in [-0.39, 0.29) is 6.04 Å². The molecule has 1 heterocycles. The SMILES string of the molecule is CC(NC1CCSC1)c1ccc(Cl)c(Cl)c1Cl. The summed E-state index contributed by atoms with van der Waals surface area (Å²) in [7, 11) is 0. The summed E-state index contributed by atoms with van der Waals surface area (Å²) in [6.07, 6.45) is 1.22. The van der Waals surface area contributed by atoms with Crippen LogP contribution in [0.25, 0.3) is 0 Å². The van der Waals surface area contributed by atoms with Crippen molar-refractivity contribution in [1.29, 1.82) is 0 Å². The highest BCUT2D eigenvalue weighted by atomic mass is 35.5. The molecule has 1 N–H and O–H groups in total. The van der Waals surface area contributed by atoms with E-state index in [9.17, 15) is 0 Å². The summed E-state index contributed by atoms with van der Waals surface area (Å²) in [6, 6.07) is 4.50. The Morgan fingerprint density at radius 1 is 1.29 bits per heavy atom. The number of halogens is 3. The fourth-order valence-corrected chi connectivity index (χ4v) is 3.86. The van der Waals surface area contributed by atoms with Crippen molar-refractivity contribution in [1.82, 2.24) is 5.32 Å². The van der Waals surface area contributed by atoms with E-state index in [1.54, 1.807) is 6.07 Å². The molecule has 0 aromatic heterocycles. The minimum absolute atomic E-state index is 0.195. The van der Waals surface area contributed by atoms with Crippen LogP contribution in [0, 0.1) is 0 Å². The van der Waals surface area contributed by atoms with Gasteiger partial charge in [-0.15, -0.1) is 0 Å². The molecule has 5 heteroatoms.